The fraction of sp³-hybridized carbons (Fsp3) is 0.192. The fourth-order valence-corrected chi connectivity index (χ4v) is 5.99. The molecule has 0 amide bonds. The third-order valence-electron chi connectivity index (χ3n) is 5.85. The SMILES string of the molecule is COc1cccc([C@@H]2CC=C(C(=O)O)[C@H](c3ccccc3)N2S(=O)(=O)c2ccc(C)cc2)c1. The maximum absolute atomic E-state index is 14.1. The molecule has 0 saturated carbocycles. The van der Waals surface area contributed by atoms with Crippen LogP contribution in [0.5, 0.6) is 5.75 Å². The number of sulfonamides is 1. The van der Waals surface area contributed by atoms with E-state index < -0.39 is 28.1 Å². The summed E-state index contributed by atoms with van der Waals surface area (Å²) >= 11 is 0. The average molecular weight is 464 g/mol. The summed E-state index contributed by atoms with van der Waals surface area (Å²) in [5.74, 6) is -0.540. The minimum Gasteiger partial charge on any atom is -0.497 e. The Balaban J connectivity index is 1.96. The average Bonchev–Trinajstić information content (AvgIpc) is 2.84. The molecule has 6 nitrogen and oxygen atoms in total. The van der Waals surface area contributed by atoms with Gasteiger partial charge >= 0.3 is 5.97 Å². The molecule has 170 valence electrons. The summed E-state index contributed by atoms with van der Waals surface area (Å²) < 4.78 is 34.8. The van der Waals surface area contributed by atoms with Crippen LogP contribution in [0.25, 0.3) is 0 Å². The van der Waals surface area contributed by atoms with Crippen LogP contribution in [0.1, 0.15) is 35.2 Å². The van der Waals surface area contributed by atoms with Crippen molar-refractivity contribution < 1.29 is 23.1 Å². The van der Waals surface area contributed by atoms with Gasteiger partial charge in [-0.1, -0.05) is 66.2 Å². The molecule has 1 aliphatic rings. The highest BCUT2D eigenvalue weighted by Crippen LogP contribution is 2.46. The molecule has 0 bridgehead atoms. The molecule has 0 saturated heterocycles. The van der Waals surface area contributed by atoms with E-state index in [0.717, 1.165) is 11.1 Å². The molecule has 0 radical (unpaired) electrons. The van der Waals surface area contributed by atoms with Crippen LogP contribution in [0.4, 0.5) is 0 Å². The Morgan fingerprint density at radius 3 is 2.27 bits per heavy atom. The minimum absolute atomic E-state index is 0.0380. The lowest BCUT2D eigenvalue weighted by atomic mass is 9.89. The highest BCUT2D eigenvalue weighted by atomic mass is 32.2. The summed E-state index contributed by atoms with van der Waals surface area (Å²) in [5, 5.41) is 9.99. The first-order chi connectivity index (χ1) is 15.8. The van der Waals surface area contributed by atoms with Gasteiger partial charge in [-0.2, -0.15) is 4.31 Å². The van der Waals surface area contributed by atoms with Gasteiger partial charge in [0.1, 0.15) is 5.75 Å². The smallest absolute Gasteiger partial charge is 0.333 e. The van der Waals surface area contributed by atoms with Crippen molar-refractivity contribution in [3.05, 3.63) is 107 Å². The van der Waals surface area contributed by atoms with Crippen molar-refractivity contribution in [3.8, 4) is 5.75 Å². The summed E-state index contributed by atoms with van der Waals surface area (Å²) in [4.78, 5) is 12.3. The van der Waals surface area contributed by atoms with Gasteiger partial charge in [-0.15, -0.1) is 0 Å². The van der Waals surface area contributed by atoms with Gasteiger partial charge in [0.15, 0.2) is 0 Å². The summed E-state index contributed by atoms with van der Waals surface area (Å²) in [6.45, 7) is 1.88. The molecule has 3 aromatic rings. The number of carbonyl (C=O) groups is 1. The normalized spacial score (nSPS) is 19.0. The summed E-state index contributed by atoms with van der Waals surface area (Å²) in [6, 6.07) is 21.1. The molecule has 7 heteroatoms. The minimum atomic E-state index is -4.07. The van der Waals surface area contributed by atoms with E-state index in [1.165, 1.54) is 4.31 Å². The van der Waals surface area contributed by atoms with E-state index >= 15 is 0 Å². The van der Waals surface area contributed by atoms with Crippen molar-refractivity contribution in [2.45, 2.75) is 30.3 Å². The van der Waals surface area contributed by atoms with Gasteiger partial charge in [0.2, 0.25) is 10.0 Å². The first kappa shape index (κ1) is 22.8. The Morgan fingerprint density at radius 2 is 1.64 bits per heavy atom. The van der Waals surface area contributed by atoms with Gasteiger partial charge in [-0.3, -0.25) is 0 Å². The number of aryl methyl sites for hydroxylation is 1. The lowest BCUT2D eigenvalue weighted by molar-refractivity contribution is -0.133. The molecule has 0 aliphatic carbocycles. The number of carboxylic acid groups (broad SMARTS) is 1. The fourth-order valence-electron chi connectivity index (χ4n) is 4.21. The summed E-state index contributed by atoms with van der Waals surface area (Å²) in [5.41, 5.74) is 2.29. The second-order valence-corrected chi connectivity index (χ2v) is 9.80. The van der Waals surface area contributed by atoms with Crippen LogP contribution in [-0.2, 0) is 14.8 Å². The predicted molar refractivity (Wildman–Crippen MR) is 125 cm³/mol. The zero-order valence-corrected chi connectivity index (χ0v) is 19.2. The van der Waals surface area contributed by atoms with Crippen LogP contribution in [-0.4, -0.2) is 30.9 Å². The Labute approximate surface area is 193 Å². The Bertz CT molecular complexity index is 1280. The molecule has 0 unspecified atom stereocenters. The van der Waals surface area contributed by atoms with E-state index in [1.807, 2.05) is 19.1 Å². The lowest BCUT2D eigenvalue weighted by Gasteiger charge is -2.40. The number of methoxy groups -OCH3 is 1. The zero-order valence-electron chi connectivity index (χ0n) is 18.4. The van der Waals surface area contributed by atoms with Crippen LogP contribution in [0.15, 0.2) is 95.4 Å². The van der Waals surface area contributed by atoms with Crippen molar-refractivity contribution in [2.24, 2.45) is 0 Å². The molecule has 4 rings (SSSR count). The molecular formula is C26H25NO5S. The molecule has 33 heavy (non-hydrogen) atoms. The lowest BCUT2D eigenvalue weighted by Crippen LogP contribution is -2.42. The van der Waals surface area contributed by atoms with Crippen LogP contribution in [0, 0.1) is 6.92 Å². The maximum atomic E-state index is 14.1. The van der Waals surface area contributed by atoms with E-state index in [2.05, 4.69) is 0 Å². The predicted octanol–water partition coefficient (Wildman–Crippen LogP) is 4.89. The molecule has 1 heterocycles. The zero-order chi connectivity index (χ0) is 23.6. The Kier molecular flexibility index (Phi) is 6.35. The monoisotopic (exact) mass is 463 g/mol. The van der Waals surface area contributed by atoms with Gasteiger partial charge in [0.25, 0.3) is 0 Å². The summed E-state index contributed by atoms with van der Waals surface area (Å²) in [7, 11) is -2.52. The number of ether oxygens (including phenoxy) is 1. The van der Waals surface area contributed by atoms with Crippen molar-refractivity contribution in [1.29, 1.82) is 0 Å². The van der Waals surface area contributed by atoms with Crippen molar-refractivity contribution in [3.63, 3.8) is 0 Å². The van der Waals surface area contributed by atoms with Crippen molar-refractivity contribution in [2.75, 3.05) is 7.11 Å². The van der Waals surface area contributed by atoms with Crippen molar-refractivity contribution in [1.82, 2.24) is 4.31 Å². The van der Waals surface area contributed by atoms with E-state index in [0.29, 0.717) is 11.3 Å². The molecule has 0 spiro atoms. The molecule has 1 N–H and O–H groups in total. The molecular weight excluding hydrogens is 438 g/mol. The van der Waals surface area contributed by atoms with E-state index in [-0.39, 0.29) is 16.9 Å². The highest BCUT2D eigenvalue weighted by Gasteiger charge is 2.44. The third-order valence-corrected chi connectivity index (χ3v) is 7.74. The van der Waals surface area contributed by atoms with Crippen LogP contribution >= 0.6 is 0 Å². The number of rotatable bonds is 6. The van der Waals surface area contributed by atoms with Crippen molar-refractivity contribution >= 4 is 16.0 Å². The second kappa shape index (κ2) is 9.21. The number of nitrogens with zero attached hydrogens (tertiary/aromatic N) is 1. The van der Waals surface area contributed by atoms with Gasteiger partial charge < -0.3 is 9.84 Å². The number of hydrogen-bond donors (Lipinski definition) is 1. The highest BCUT2D eigenvalue weighted by molar-refractivity contribution is 7.89. The quantitative estimate of drug-likeness (QED) is 0.563. The number of benzene rings is 3. The number of carboxylic acids is 1. The maximum Gasteiger partial charge on any atom is 0.333 e. The second-order valence-electron chi connectivity index (χ2n) is 7.95. The van der Waals surface area contributed by atoms with Gasteiger partial charge in [-0.05, 0) is 48.7 Å². The standard InChI is InChI=1S/C26H25NO5S/c1-18-11-13-22(14-12-18)33(30,31)27-24(20-9-6-10-21(17-20)32-2)16-15-23(26(28)29)25(27)19-7-4-3-5-8-19/h3-15,17,24-25H,16H2,1-2H3,(H,28,29)/t24-,25-/m0/s1. The molecule has 0 fully saturated rings. The molecule has 0 aromatic heterocycles. The first-order valence-electron chi connectivity index (χ1n) is 10.6. The molecule has 3 aromatic carbocycles. The van der Waals surface area contributed by atoms with E-state index in [4.69, 9.17) is 4.74 Å². The Hall–Kier alpha value is -3.42. The largest absolute Gasteiger partial charge is 0.497 e. The van der Waals surface area contributed by atoms with E-state index in [9.17, 15) is 18.3 Å². The molecule has 2 atom stereocenters. The number of hydrogen-bond acceptors (Lipinski definition) is 4. The van der Waals surface area contributed by atoms with Gasteiger partial charge in [-0.25, -0.2) is 13.2 Å². The first-order valence-corrected chi connectivity index (χ1v) is 12.0. The van der Waals surface area contributed by atoms with Crippen LogP contribution in [0.2, 0.25) is 0 Å². The van der Waals surface area contributed by atoms with E-state index in [1.54, 1.807) is 79.9 Å². The third kappa shape index (κ3) is 4.42. The number of aliphatic carboxylic acids is 1. The Morgan fingerprint density at radius 1 is 0.970 bits per heavy atom. The topological polar surface area (TPSA) is 83.9 Å². The van der Waals surface area contributed by atoms with Crippen LogP contribution in [0.3, 0.4) is 0 Å². The van der Waals surface area contributed by atoms with Gasteiger partial charge in [0.05, 0.1) is 29.7 Å². The van der Waals surface area contributed by atoms with Gasteiger partial charge in [0, 0.05) is 0 Å². The summed E-state index contributed by atoms with van der Waals surface area (Å²) in [6.07, 6.45) is 1.86. The molecule has 1 aliphatic heterocycles. The van der Waals surface area contributed by atoms with Crippen LogP contribution < -0.4 is 4.74 Å².